The third-order valence-electron chi connectivity index (χ3n) is 4.55. The number of anilines is 1. The average molecular weight is 505 g/mol. The maximum atomic E-state index is 11.8. The minimum absolute atomic E-state index is 0.325. The second kappa shape index (κ2) is 11.1. The summed E-state index contributed by atoms with van der Waals surface area (Å²) in [5.41, 5.74) is 3.31. The third-order valence-corrected chi connectivity index (χ3v) is 5.66. The van der Waals surface area contributed by atoms with E-state index in [1.807, 2.05) is 48.5 Å². The molecule has 0 fully saturated rings. The molecule has 0 spiro atoms. The van der Waals surface area contributed by atoms with Crippen molar-refractivity contribution in [1.82, 2.24) is 0 Å². The van der Waals surface area contributed by atoms with Crippen molar-refractivity contribution in [3.8, 4) is 11.5 Å². The number of carbonyl (C=O) groups excluding carboxylic acids is 1. The van der Waals surface area contributed by atoms with Gasteiger partial charge in [-0.25, -0.2) is 4.79 Å². The quantitative estimate of drug-likeness (QED) is 0.338. The number of rotatable bonds is 9. The second-order valence-corrected chi connectivity index (χ2v) is 7.89. The normalized spacial score (nSPS) is 10.5. The van der Waals surface area contributed by atoms with Crippen LogP contribution in [0.25, 0.3) is 0 Å². The van der Waals surface area contributed by atoms with E-state index in [0.717, 1.165) is 21.3 Å². The van der Waals surface area contributed by atoms with Gasteiger partial charge in [-0.05, 0) is 55.0 Å². The van der Waals surface area contributed by atoms with E-state index < -0.39 is 0 Å². The summed E-state index contributed by atoms with van der Waals surface area (Å²) in [6.07, 6.45) is 0. The van der Waals surface area contributed by atoms with Crippen LogP contribution in [0, 0.1) is 0 Å². The number of hydrogen-bond acceptors (Lipinski definition) is 5. The van der Waals surface area contributed by atoms with Crippen LogP contribution in [-0.4, -0.2) is 19.7 Å². The van der Waals surface area contributed by atoms with E-state index >= 15 is 0 Å². The summed E-state index contributed by atoms with van der Waals surface area (Å²) in [5, 5.41) is 4.00. The standard InChI is InChI=1S/C24H23BrClNO4/c1-3-30-24(28)16-8-10-19(11-9-16)27-14-18-12-22(29-2)23(13-20(18)25)31-15-17-6-4-5-7-21(17)26/h4-13,27H,3,14-15H2,1-2H3. The van der Waals surface area contributed by atoms with E-state index in [2.05, 4.69) is 21.2 Å². The summed E-state index contributed by atoms with van der Waals surface area (Å²) < 4.78 is 17.4. The van der Waals surface area contributed by atoms with E-state index in [1.165, 1.54) is 0 Å². The fraction of sp³-hybridized carbons (Fsp3) is 0.208. The van der Waals surface area contributed by atoms with Crippen LogP contribution in [0.1, 0.15) is 28.4 Å². The van der Waals surface area contributed by atoms with E-state index in [0.29, 0.717) is 41.8 Å². The van der Waals surface area contributed by atoms with Gasteiger partial charge in [-0.3, -0.25) is 0 Å². The van der Waals surface area contributed by atoms with Gasteiger partial charge in [-0.1, -0.05) is 45.7 Å². The Morgan fingerprint density at radius 2 is 1.77 bits per heavy atom. The minimum atomic E-state index is -0.325. The summed E-state index contributed by atoms with van der Waals surface area (Å²) >= 11 is 9.82. The molecule has 3 aromatic rings. The summed E-state index contributed by atoms with van der Waals surface area (Å²) in [4.78, 5) is 11.8. The number of benzene rings is 3. The molecule has 0 amide bonds. The smallest absolute Gasteiger partial charge is 0.338 e. The van der Waals surface area contributed by atoms with Crippen LogP contribution in [0.2, 0.25) is 5.02 Å². The van der Waals surface area contributed by atoms with E-state index in [1.54, 1.807) is 26.2 Å². The molecule has 1 N–H and O–H groups in total. The third kappa shape index (κ3) is 6.15. The molecule has 0 bridgehead atoms. The van der Waals surface area contributed by atoms with Gasteiger partial charge in [-0.2, -0.15) is 0 Å². The van der Waals surface area contributed by atoms with Crippen molar-refractivity contribution in [1.29, 1.82) is 0 Å². The highest BCUT2D eigenvalue weighted by atomic mass is 79.9. The Morgan fingerprint density at radius 1 is 1.03 bits per heavy atom. The summed E-state index contributed by atoms with van der Waals surface area (Å²) in [6, 6.07) is 18.5. The fourth-order valence-electron chi connectivity index (χ4n) is 2.89. The molecule has 0 saturated heterocycles. The molecule has 31 heavy (non-hydrogen) atoms. The van der Waals surface area contributed by atoms with Crippen molar-refractivity contribution in [3.05, 3.63) is 86.8 Å². The van der Waals surface area contributed by atoms with Gasteiger partial charge in [0.15, 0.2) is 11.5 Å². The molecule has 3 aromatic carbocycles. The molecule has 0 unspecified atom stereocenters. The lowest BCUT2D eigenvalue weighted by Crippen LogP contribution is -2.05. The SMILES string of the molecule is CCOC(=O)c1ccc(NCc2cc(OC)c(OCc3ccccc3Cl)cc2Br)cc1. The highest BCUT2D eigenvalue weighted by Crippen LogP contribution is 2.35. The number of ether oxygens (including phenoxy) is 3. The van der Waals surface area contributed by atoms with E-state index in [9.17, 15) is 4.79 Å². The molecular formula is C24H23BrClNO4. The molecule has 0 radical (unpaired) electrons. The molecular weight excluding hydrogens is 482 g/mol. The first-order chi connectivity index (χ1) is 15.0. The van der Waals surface area contributed by atoms with Crippen molar-refractivity contribution in [3.63, 3.8) is 0 Å². The van der Waals surface area contributed by atoms with Crippen LogP contribution in [-0.2, 0) is 17.9 Å². The first-order valence-corrected chi connectivity index (χ1v) is 10.9. The molecule has 0 saturated carbocycles. The molecule has 0 aliphatic carbocycles. The lowest BCUT2D eigenvalue weighted by atomic mass is 10.1. The predicted octanol–water partition coefficient (Wildman–Crippen LogP) is 6.48. The van der Waals surface area contributed by atoms with E-state index in [-0.39, 0.29) is 5.97 Å². The van der Waals surface area contributed by atoms with Crippen LogP contribution in [0.4, 0.5) is 5.69 Å². The van der Waals surface area contributed by atoms with Crippen LogP contribution in [0.5, 0.6) is 11.5 Å². The maximum Gasteiger partial charge on any atom is 0.338 e. The van der Waals surface area contributed by atoms with Crippen LogP contribution >= 0.6 is 27.5 Å². The van der Waals surface area contributed by atoms with Gasteiger partial charge in [0.05, 0.1) is 19.3 Å². The Balaban J connectivity index is 1.67. The first-order valence-electron chi connectivity index (χ1n) is 9.75. The van der Waals surface area contributed by atoms with Crippen LogP contribution in [0.15, 0.2) is 65.1 Å². The largest absolute Gasteiger partial charge is 0.493 e. The van der Waals surface area contributed by atoms with Gasteiger partial charge in [0.2, 0.25) is 0 Å². The van der Waals surface area contributed by atoms with Crippen molar-refractivity contribution in [2.24, 2.45) is 0 Å². The lowest BCUT2D eigenvalue weighted by molar-refractivity contribution is 0.0526. The Bertz CT molecular complexity index is 1040. The number of carbonyl (C=O) groups is 1. The minimum Gasteiger partial charge on any atom is -0.493 e. The summed E-state index contributed by atoms with van der Waals surface area (Å²) in [7, 11) is 1.61. The van der Waals surface area contributed by atoms with Crippen molar-refractivity contribution >= 4 is 39.2 Å². The average Bonchev–Trinajstić information content (AvgIpc) is 2.78. The molecule has 5 nitrogen and oxygen atoms in total. The van der Waals surface area contributed by atoms with Crippen molar-refractivity contribution in [2.45, 2.75) is 20.1 Å². The molecule has 0 aliphatic rings. The number of methoxy groups -OCH3 is 1. The topological polar surface area (TPSA) is 56.8 Å². The highest BCUT2D eigenvalue weighted by molar-refractivity contribution is 9.10. The predicted molar refractivity (Wildman–Crippen MR) is 126 cm³/mol. The van der Waals surface area contributed by atoms with Gasteiger partial charge in [0.25, 0.3) is 0 Å². The second-order valence-electron chi connectivity index (χ2n) is 6.63. The molecule has 7 heteroatoms. The van der Waals surface area contributed by atoms with Crippen molar-refractivity contribution in [2.75, 3.05) is 19.0 Å². The summed E-state index contributed by atoms with van der Waals surface area (Å²) in [6.45, 7) is 3.03. The van der Waals surface area contributed by atoms with Gasteiger partial charge < -0.3 is 19.5 Å². The Kier molecular flexibility index (Phi) is 8.20. The van der Waals surface area contributed by atoms with Gasteiger partial charge in [0.1, 0.15) is 6.61 Å². The van der Waals surface area contributed by atoms with Crippen LogP contribution in [0.3, 0.4) is 0 Å². The van der Waals surface area contributed by atoms with Gasteiger partial charge in [0, 0.05) is 27.3 Å². The zero-order valence-electron chi connectivity index (χ0n) is 17.3. The first kappa shape index (κ1) is 23.0. The van der Waals surface area contributed by atoms with E-state index in [4.69, 9.17) is 25.8 Å². The molecule has 3 rings (SSSR count). The van der Waals surface area contributed by atoms with Crippen molar-refractivity contribution < 1.29 is 19.0 Å². The lowest BCUT2D eigenvalue weighted by Gasteiger charge is -2.15. The molecule has 0 atom stereocenters. The zero-order valence-corrected chi connectivity index (χ0v) is 19.6. The maximum absolute atomic E-state index is 11.8. The van der Waals surface area contributed by atoms with Gasteiger partial charge >= 0.3 is 5.97 Å². The fourth-order valence-corrected chi connectivity index (χ4v) is 3.54. The molecule has 0 aliphatic heterocycles. The number of hydrogen-bond donors (Lipinski definition) is 1. The highest BCUT2D eigenvalue weighted by Gasteiger charge is 2.12. The molecule has 162 valence electrons. The molecule has 0 aromatic heterocycles. The zero-order chi connectivity index (χ0) is 22.2. The monoisotopic (exact) mass is 503 g/mol. The summed E-state index contributed by atoms with van der Waals surface area (Å²) in [5.74, 6) is 0.926. The Labute approximate surface area is 195 Å². The van der Waals surface area contributed by atoms with Crippen LogP contribution < -0.4 is 14.8 Å². The molecule has 0 heterocycles. The number of nitrogens with one attached hydrogen (secondary N) is 1. The Morgan fingerprint density at radius 3 is 2.45 bits per heavy atom. The number of esters is 1. The van der Waals surface area contributed by atoms with Gasteiger partial charge in [-0.15, -0.1) is 0 Å². The number of halogens is 2. The Hall–Kier alpha value is -2.70.